The van der Waals surface area contributed by atoms with Gasteiger partial charge in [-0.15, -0.1) is 0 Å². The summed E-state index contributed by atoms with van der Waals surface area (Å²) in [5.74, 6) is 1.17. The van der Waals surface area contributed by atoms with Crippen LogP contribution < -0.4 is 5.32 Å². The van der Waals surface area contributed by atoms with Crippen LogP contribution in [-0.4, -0.2) is 10.1 Å². The number of nitrogens with zero attached hydrogens (tertiary/aromatic N) is 2. The molecule has 0 radical (unpaired) electrons. The van der Waals surface area contributed by atoms with Crippen LogP contribution in [0, 0.1) is 6.92 Å². The van der Waals surface area contributed by atoms with E-state index in [-0.39, 0.29) is 0 Å². The van der Waals surface area contributed by atoms with E-state index in [1.165, 1.54) is 5.56 Å². The van der Waals surface area contributed by atoms with Crippen LogP contribution in [0.1, 0.15) is 11.4 Å². The fraction of sp³-hybridized carbons (Fsp3) is 0.125. The van der Waals surface area contributed by atoms with E-state index in [2.05, 4.69) is 43.5 Å². The molecule has 1 N–H and O–H groups in total. The zero-order chi connectivity index (χ0) is 14.7. The molecule has 0 amide bonds. The van der Waals surface area contributed by atoms with Crippen LogP contribution in [0.25, 0.3) is 11.5 Å². The molecule has 106 valence electrons. The van der Waals surface area contributed by atoms with Crippen molar-refractivity contribution in [2.45, 2.75) is 13.5 Å². The number of hydrogen-bond donors (Lipinski definition) is 1. The molecular formula is C16H14BrN3O. The highest BCUT2D eigenvalue weighted by Crippen LogP contribution is 2.26. The number of aryl methyl sites for hydroxylation is 1. The number of anilines is 1. The Kier molecular flexibility index (Phi) is 4.01. The third kappa shape index (κ3) is 3.31. The maximum Gasteiger partial charge on any atom is 0.260 e. The van der Waals surface area contributed by atoms with Crippen molar-refractivity contribution in [3.8, 4) is 11.5 Å². The fourth-order valence-corrected chi connectivity index (χ4v) is 2.29. The summed E-state index contributed by atoms with van der Waals surface area (Å²) in [5.41, 5.74) is 3.09. The van der Waals surface area contributed by atoms with Crippen LogP contribution >= 0.6 is 15.9 Å². The molecule has 0 aliphatic rings. The maximum absolute atomic E-state index is 5.25. The molecule has 21 heavy (non-hydrogen) atoms. The Morgan fingerprint density at radius 2 is 1.86 bits per heavy atom. The number of halogens is 1. The maximum atomic E-state index is 5.25. The van der Waals surface area contributed by atoms with Gasteiger partial charge >= 0.3 is 0 Å². The van der Waals surface area contributed by atoms with Crippen LogP contribution in [0.5, 0.6) is 0 Å². The van der Waals surface area contributed by atoms with Gasteiger partial charge in [-0.05, 0) is 36.8 Å². The molecule has 3 rings (SSSR count). The van der Waals surface area contributed by atoms with E-state index in [1.807, 2.05) is 43.3 Å². The molecular weight excluding hydrogens is 330 g/mol. The van der Waals surface area contributed by atoms with Gasteiger partial charge in [-0.3, -0.25) is 0 Å². The molecule has 5 heteroatoms. The van der Waals surface area contributed by atoms with Gasteiger partial charge in [-0.25, -0.2) is 0 Å². The minimum absolute atomic E-state index is 0.534. The molecule has 0 aliphatic carbocycles. The predicted octanol–water partition coefficient (Wildman–Crippen LogP) is 4.42. The van der Waals surface area contributed by atoms with Crippen LogP contribution in [0.2, 0.25) is 0 Å². The van der Waals surface area contributed by atoms with E-state index < -0.39 is 0 Å². The molecule has 0 spiro atoms. The second-order valence-electron chi connectivity index (χ2n) is 4.67. The van der Waals surface area contributed by atoms with E-state index in [0.717, 1.165) is 22.3 Å². The minimum Gasteiger partial charge on any atom is -0.380 e. The predicted molar refractivity (Wildman–Crippen MR) is 85.9 cm³/mol. The summed E-state index contributed by atoms with van der Waals surface area (Å²) in [7, 11) is 0. The van der Waals surface area contributed by atoms with Gasteiger partial charge in [0.05, 0.1) is 5.56 Å². The van der Waals surface area contributed by atoms with E-state index in [4.69, 9.17) is 4.52 Å². The number of benzene rings is 2. The second-order valence-corrected chi connectivity index (χ2v) is 5.59. The molecule has 2 aromatic carbocycles. The van der Waals surface area contributed by atoms with E-state index in [1.54, 1.807) is 0 Å². The van der Waals surface area contributed by atoms with Gasteiger partial charge in [-0.2, -0.15) is 4.98 Å². The second kappa shape index (κ2) is 6.10. The third-order valence-electron chi connectivity index (χ3n) is 3.08. The highest BCUT2D eigenvalue weighted by Gasteiger charge is 2.10. The Labute approximate surface area is 131 Å². The highest BCUT2D eigenvalue weighted by molar-refractivity contribution is 9.10. The van der Waals surface area contributed by atoms with Crippen molar-refractivity contribution < 1.29 is 4.52 Å². The Balaban J connectivity index is 1.81. The van der Waals surface area contributed by atoms with Crippen molar-refractivity contribution in [2.75, 3.05) is 5.32 Å². The summed E-state index contributed by atoms with van der Waals surface area (Å²) in [6.45, 7) is 2.54. The SMILES string of the molecule is Cc1noc(-c2ccccc2NCc2ccc(Br)cc2)n1. The van der Waals surface area contributed by atoms with Gasteiger partial charge in [0, 0.05) is 16.7 Å². The van der Waals surface area contributed by atoms with Gasteiger partial charge in [-0.1, -0.05) is 45.4 Å². The quantitative estimate of drug-likeness (QED) is 0.761. The van der Waals surface area contributed by atoms with Gasteiger partial charge in [0.25, 0.3) is 5.89 Å². The van der Waals surface area contributed by atoms with E-state index >= 15 is 0 Å². The zero-order valence-corrected chi connectivity index (χ0v) is 13.1. The van der Waals surface area contributed by atoms with E-state index in [9.17, 15) is 0 Å². The first-order valence-electron chi connectivity index (χ1n) is 6.60. The number of aromatic nitrogens is 2. The van der Waals surface area contributed by atoms with Crippen LogP contribution in [0.4, 0.5) is 5.69 Å². The van der Waals surface area contributed by atoms with Crippen molar-refractivity contribution in [2.24, 2.45) is 0 Å². The lowest BCUT2D eigenvalue weighted by atomic mass is 10.1. The largest absolute Gasteiger partial charge is 0.380 e. The van der Waals surface area contributed by atoms with Gasteiger partial charge in [0.1, 0.15) is 0 Å². The molecule has 0 bridgehead atoms. The summed E-state index contributed by atoms with van der Waals surface area (Å²) >= 11 is 3.44. The van der Waals surface area contributed by atoms with Crippen LogP contribution in [0.15, 0.2) is 57.5 Å². The molecule has 0 saturated carbocycles. The van der Waals surface area contributed by atoms with Crippen molar-refractivity contribution >= 4 is 21.6 Å². The third-order valence-corrected chi connectivity index (χ3v) is 3.61. The molecule has 1 aromatic heterocycles. The Morgan fingerprint density at radius 1 is 1.10 bits per heavy atom. The van der Waals surface area contributed by atoms with Gasteiger partial charge in [0.15, 0.2) is 5.82 Å². The minimum atomic E-state index is 0.534. The summed E-state index contributed by atoms with van der Waals surface area (Å²) in [6.07, 6.45) is 0. The Bertz CT molecular complexity index is 737. The summed E-state index contributed by atoms with van der Waals surface area (Å²) < 4.78 is 6.33. The fourth-order valence-electron chi connectivity index (χ4n) is 2.03. The van der Waals surface area contributed by atoms with Crippen molar-refractivity contribution in [3.05, 3.63) is 64.4 Å². The molecule has 0 aliphatic heterocycles. The highest BCUT2D eigenvalue weighted by atomic mass is 79.9. The number of nitrogens with one attached hydrogen (secondary N) is 1. The average Bonchev–Trinajstić information content (AvgIpc) is 2.93. The standard InChI is InChI=1S/C16H14BrN3O/c1-11-19-16(21-20-11)14-4-2-3-5-15(14)18-10-12-6-8-13(17)9-7-12/h2-9,18H,10H2,1H3. The molecule has 3 aromatic rings. The normalized spacial score (nSPS) is 10.6. The number of para-hydroxylation sites is 1. The van der Waals surface area contributed by atoms with Crippen LogP contribution in [0.3, 0.4) is 0 Å². The molecule has 0 saturated heterocycles. The summed E-state index contributed by atoms with van der Waals surface area (Å²) in [4.78, 5) is 4.28. The molecule has 4 nitrogen and oxygen atoms in total. The number of rotatable bonds is 4. The molecule has 0 fully saturated rings. The lowest BCUT2D eigenvalue weighted by Gasteiger charge is -2.09. The smallest absolute Gasteiger partial charge is 0.260 e. The lowest BCUT2D eigenvalue weighted by Crippen LogP contribution is -2.00. The summed E-state index contributed by atoms with van der Waals surface area (Å²) in [6, 6.07) is 16.1. The zero-order valence-electron chi connectivity index (χ0n) is 11.5. The topological polar surface area (TPSA) is 51.0 Å². The molecule has 1 heterocycles. The van der Waals surface area contributed by atoms with Crippen molar-refractivity contribution in [1.29, 1.82) is 0 Å². The first-order valence-corrected chi connectivity index (χ1v) is 7.40. The first kappa shape index (κ1) is 13.8. The monoisotopic (exact) mass is 343 g/mol. The average molecular weight is 344 g/mol. The van der Waals surface area contributed by atoms with Crippen molar-refractivity contribution in [3.63, 3.8) is 0 Å². The van der Waals surface area contributed by atoms with E-state index in [0.29, 0.717) is 11.7 Å². The molecule has 0 atom stereocenters. The van der Waals surface area contributed by atoms with Crippen LogP contribution in [-0.2, 0) is 6.54 Å². The Hall–Kier alpha value is -2.14. The molecule has 0 unspecified atom stereocenters. The van der Waals surface area contributed by atoms with Gasteiger partial charge < -0.3 is 9.84 Å². The lowest BCUT2D eigenvalue weighted by molar-refractivity contribution is 0.426. The Morgan fingerprint density at radius 3 is 2.57 bits per heavy atom. The summed E-state index contributed by atoms with van der Waals surface area (Å²) in [5, 5.41) is 7.26. The van der Waals surface area contributed by atoms with Gasteiger partial charge in [0.2, 0.25) is 0 Å². The number of hydrogen-bond acceptors (Lipinski definition) is 4. The van der Waals surface area contributed by atoms with Crippen molar-refractivity contribution in [1.82, 2.24) is 10.1 Å². The first-order chi connectivity index (χ1) is 10.2.